The van der Waals surface area contributed by atoms with Gasteiger partial charge in [0, 0.05) is 0 Å². The van der Waals surface area contributed by atoms with Crippen LogP contribution < -0.4 is 0 Å². The van der Waals surface area contributed by atoms with Crippen molar-refractivity contribution in [3.05, 3.63) is 0 Å². The predicted octanol–water partition coefficient (Wildman–Crippen LogP) is 5.33. The highest BCUT2D eigenvalue weighted by molar-refractivity contribution is 5.73. The van der Waals surface area contributed by atoms with E-state index in [0.717, 1.165) is 19.3 Å². The molecule has 1 fully saturated rings. The van der Waals surface area contributed by atoms with Gasteiger partial charge in [0.25, 0.3) is 0 Å². The van der Waals surface area contributed by atoms with Crippen LogP contribution in [0.5, 0.6) is 0 Å². The van der Waals surface area contributed by atoms with Gasteiger partial charge < -0.3 is 9.47 Å². The van der Waals surface area contributed by atoms with E-state index in [1.54, 1.807) is 0 Å². The summed E-state index contributed by atoms with van der Waals surface area (Å²) in [5, 5.41) is 0. The van der Waals surface area contributed by atoms with Crippen molar-refractivity contribution in [3.8, 4) is 0 Å². The number of rotatable bonds is 5. The van der Waals surface area contributed by atoms with Crippen molar-refractivity contribution in [2.45, 2.75) is 92.6 Å². The van der Waals surface area contributed by atoms with E-state index in [1.165, 1.54) is 25.7 Å². The molecule has 0 N–H and O–H groups in total. The Morgan fingerprint density at radius 2 is 1.55 bits per heavy atom. The van der Waals surface area contributed by atoms with Gasteiger partial charge in [-0.15, -0.1) is 0 Å². The molecule has 0 aliphatic heterocycles. The molecule has 0 heterocycles. The SMILES string of the molecule is CC(C)(C)CC(C(=O)OCOC1CCCCCC1)C(C)(C)C. The Labute approximate surface area is 137 Å². The molecule has 1 unspecified atom stereocenters. The van der Waals surface area contributed by atoms with E-state index in [-0.39, 0.29) is 35.6 Å². The van der Waals surface area contributed by atoms with Crippen LogP contribution >= 0.6 is 0 Å². The molecule has 0 aromatic carbocycles. The fourth-order valence-corrected chi connectivity index (χ4v) is 3.05. The zero-order valence-corrected chi connectivity index (χ0v) is 15.5. The smallest absolute Gasteiger partial charge is 0.311 e. The van der Waals surface area contributed by atoms with E-state index in [0.29, 0.717) is 0 Å². The standard InChI is InChI=1S/C19H36O3/c1-18(2,3)13-16(19(4,5)6)17(20)22-14-21-15-11-9-7-8-10-12-15/h15-16H,7-14H2,1-6H3. The van der Waals surface area contributed by atoms with Gasteiger partial charge >= 0.3 is 5.97 Å². The van der Waals surface area contributed by atoms with Gasteiger partial charge in [-0.05, 0) is 30.1 Å². The average molecular weight is 312 g/mol. The minimum Gasteiger partial charge on any atom is -0.438 e. The Morgan fingerprint density at radius 1 is 1.00 bits per heavy atom. The van der Waals surface area contributed by atoms with Crippen LogP contribution in [0.1, 0.15) is 86.5 Å². The number of esters is 1. The summed E-state index contributed by atoms with van der Waals surface area (Å²) < 4.78 is 11.2. The molecule has 22 heavy (non-hydrogen) atoms. The van der Waals surface area contributed by atoms with Crippen LogP contribution in [0.4, 0.5) is 0 Å². The summed E-state index contributed by atoms with van der Waals surface area (Å²) >= 11 is 0. The summed E-state index contributed by atoms with van der Waals surface area (Å²) in [6, 6.07) is 0. The van der Waals surface area contributed by atoms with Crippen LogP contribution in [-0.2, 0) is 14.3 Å². The molecular weight excluding hydrogens is 276 g/mol. The highest BCUT2D eigenvalue weighted by atomic mass is 16.7. The highest BCUT2D eigenvalue weighted by Crippen LogP contribution is 2.36. The zero-order chi connectivity index (χ0) is 16.8. The summed E-state index contributed by atoms with van der Waals surface area (Å²) in [4.78, 5) is 12.5. The Kier molecular flexibility index (Phi) is 7.37. The Balaban J connectivity index is 2.45. The molecular formula is C19H36O3. The van der Waals surface area contributed by atoms with Gasteiger partial charge in [-0.25, -0.2) is 0 Å². The van der Waals surface area contributed by atoms with Crippen LogP contribution in [-0.4, -0.2) is 18.9 Å². The van der Waals surface area contributed by atoms with E-state index in [9.17, 15) is 4.79 Å². The van der Waals surface area contributed by atoms with E-state index in [1.807, 2.05) is 0 Å². The van der Waals surface area contributed by atoms with Gasteiger partial charge in [0.1, 0.15) is 0 Å². The van der Waals surface area contributed by atoms with Crippen molar-refractivity contribution in [2.75, 3.05) is 6.79 Å². The summed E-state index contributed by atoms with van der Waals surface area (Å²) in [5.41, 5.74) is 0.0196. The third-order valence-electron chi connectivity index (χ3n) is 4.45. The Morgan fingerprint density at radius 3 is 2.00 bits per heavy atom. The van der Waals surface area contributed by atoms with Crippen LogP contribution in [0.25, 0.3) is 0 Å². The molecule has 1 rings (SSSR count). The number of hydrogen-bond acceptors (Lipinski definition) is 3. The number of ether oxygens (including phenoxy) is 2. The number of hydrogen-bond donors (Lipinski definition) is 0. The number of carbonyl (C=O) groups excluding carboxylic acids is 1. The van der Waals surface area contributed by atoms with Crippen LogP contribution in [0.3, 0.4) is 0 Å². The van der Waals surface area contributed by atoms with E-state index in [2.05, 4.69) is 41.5 Å². The first-order valence-corrected chi connectivity index (χ1v) is 8.88. The summed E-state index contributed by atoms with van der Waals surface area (Å²) in [6.45, 7) is 12.9. The molecule has 0 radical (unpaired) electrons. The maximum Gasteiger partial charge on any atom is 0.311 e. The van der Waals surface area contributed by atoms with Gasteiger partial charge in [0.15, 0.2) is 6.79 Å². The first kappa shape index (κ1) is 19.5. The molecule has 0 saturated heterocycles. The van der Waals surface area contributed by atoms with E-state index < -0.39 is 0 Å². The Hall–Kier alpha value is -0.570. The monoisotopic (exact) mass is 312 g/mol. The molecule has 0 amide bonds. The van der Waals surface area contributed by atoms with Crippen molar-refractivity contribution in [1.29, 1.82) is 0 Å². The highest BCUT2D eigenvalue weighted by Gasteiger charge is 2.35. The summed E-state index contributed by atoms with van der Waals surface area (Å²) in [7, 11) is 0. The topological polar surface area (TPSA) is 35.5 Å². The molecule has 3 heteroatoms. The normalized spacial score (nSPS) is 19.5. The molecule has 0 spiro atoms. The molecule has 0 bridgehead atoms. The first-order chi connectivity index (χ1) is 10.1. The van der Waals surface area contributed by atoms with Gasteiger partial charge in [-0.3, -0.25) is 4.79 Å². The average Bonchev–Trinajstić information content (AvgIpc) is 2.62. The largest absolute Gasteiger partial charge is 0.438 e. The van der Waals surface area contributed by atoms with Gasteiger partial charge in [-0.2, -0.15) is 0 Å². The lowest BCUT2D eigenvalue weighted by atomic mass is 9.72. The minimum absolute atomic E-state index is 0.0906. The third kappa shape index (κ3) is 7.62. The molecule has 1 aliphatic rings. The maximum atomic E-state index is 12.5. The molecule has 3 nitrogen and oxygen atoms in total. The quantitative estimate of drug-likeness (QED) is 0.391. The van der Waals surface area contributed by atoms with Crippen molar-refractivity contribution in [2.24, 2.45) is 16.7 Å². The maximum absolute atomic E-state index is 12.5. The van der Waals surface area contributed by atoms with Gasteiger partial charge in [-0.1, -0.05) is 67.2 Å². The Bertz CT molecular complexity index is 328. The summed E-state index contributed by atoms with van der Waals surface area (Å²) in [6.07, 6.45) is 8.37. The second kappa shape index (κ2) is 8.33. The van der Waals surface area contributed by atoms with E-state index in [4.69, 9.17) is 9.47 Å². The number of carbonyl (C=O) groups is 1. The van der Waals surface area contributed by atoms with Crippen LogP contribution in [0.2, 0.25) is 0 Å². The first-order valence-electron chi connectivity index (χ1n) is 8.88. The van der Waals surface area contributed by atoms with Crippen molar-refractivity contribution < 1.29 is 14.3 Å². The molecule has 1 atom stereocenters. The predicted molar refractivity (Wildman–Crippen MR) is 90.6 cm³/mol. The third-order valence-corrected chi connectivity index (χ3v) is 4.45. The second-order valence-electron chi connectivity index (χ2n) is 9.04. The van der Waals surface area contributed by atoms with Crippen molar-refractivity contribution in [3.63, 3.8) is 0 Å². The molecule has 1 saturated carbocycles. The minimum atomic E-state index is -0.115. The lowest BCUT2D eigenvalue weighted by Crippen LogP contribution is -2.34. The molecule has 0 aromatic rings. The molecule has 1 aliphatic carbocycles. The summed E-state index contributed by atoms with van der Waals surface area (Å²) in [5.74, 6) is -0.207. The van der Waals surface area contributed by atoms with Crippen molar-refractivity contribution >= 4 is 5.97 Å². The van der Waals surface area contributed by atoms with Gasteiger partial charge in [0.2, 0.25) is 0 Å². The molecule has 130 valence electrons. The van der Waals surface area contributed by atoms with Gasteiger partial charge in [0.05, 0.1) is 12.0 Å². The van der Waals surface area contributed by atoms with Crippen LogP contribution in [0.15, 0.2) is 0 Å². The second-order valence-corrected chi connectivity index (χ2v) is 9.04. The fourth-order valence-electron chi connectivity index (χ4n) is 3.05. The fraction of sp³-hybridized carbons (Fsp3) is 0.947. The van der Waals surface area contributed by atoms with Crippen LogP contribution in [0, 0.1) is 16.7 Å². The lowest BCUT2D eigenvalue weighted by molar-refractivity contribution is -0.171. The van der Waals surface area contributed by atoms with E-state index >= 15 is 0 Å². The lowest BCUT2D eigenvalue weighted by Gasteiger charge is -2.33. The zero-order valence-electron chi connectivity index (χ0n) is 15.5. The molecule has 0 aromatic heterocycles. The van der Waals surface area contributed by atoms with Crippen molar-refractivity contribution in [1.82, 2.24) is 0 Å².